The first-order valence-corrected chi connectivity index (χ1v) is 6.54. The maximum Gasteiger partial charge on any atom is 0.269 e. The number of aryl methyl sites for hydroxylation is 1. The van der Waals surface area contributed by atoms with Crippen LogP contribution in [0.5, 0.6) is 0 Å². The van der Waals surface area contributed by atoms with Gasteiger partial charge < -0.3 is 9.72 Å². The summed E-state index contributed by atoms with van der Waals surface area (Å²) in [7, 11) is 0. The molecule has 0 spiro atoms. The van der Waals surface area contributed by atoms with E-state index in [0.717, 1.165) is 11.3 Å². The third-order valence-corrected chi connectivity index (χ3v) is 3.17. The fourth-order valence-electron chi connectivity index (χ4n) is 2.13. The number of aromatic nitrogens is 2. The second kappa shape index (κ2) is 5.28. The summed E-state index contributed by atoms with van der Waals surface area (Å²) in [6.45, 7) is 1.89. The highest BCUT2D eigenvalue weighted by atomic mass is 16.6. The molecule has 22 heavy (non-hydrogen) atoms. The Hall–Kier alpha value is -3.22. The van der Waals surface area contributed by atoms with E-state index < -0.39 is 4.92 Å². The van der Waals surface area contributed by atoms with Crippen LogP contribution in [0, 0.1) is 17.0 Å². The van der Waals surface area contributed by atoms with Crippen molar-refractivity contribution in [2.24, 2.45) is 0 Å². The topological polar surface area (TPSA) is 89.5 Å². The van der Waals surface area contributed by atoms with Crippen molar-refractivity contribution >= 4 is 22.9 Å². The highest BCUT2D eigenvalue weighted by molar-refractivity contribution is 6.04. The first kappa shape index (κ1) is 13.7. The third-order valence-electron chi connectivity index (χ3n) is 3.17. The smallest absolute Gasteiger partial charge is 0.269 e. The summed E-state index contributed by atoms with van der Waals surface area (Å²) in [5.74, 6) is -0.328. The summed E-state index contributed by atoms with van der Waals surface area (Å²) in [4.78, 5) is 26.5. The van der Waals surface area contributed by atoms with Gasteiger partial charge >= 0.3 is 0 Å². The Morgan fingerprint density at radius 1 is 1.18 bits per heavy atom. The van der Waals surface area contributed by atoms with Gasteiger partial charge in [-0.15, -0.1) is 0 Å². The molecule has 1 N–H and O–H groups in total. The van der Waals surface area contributed by atoms with Crippen molar-refractivity contribution in [2.75, 3.05) is 5.32 Å². The molecule has 0 saturated heterocycles. The number of amides is 1. The number of non-ortho nitro benzene ring substituents is 1. The normalized spacial score (nSPS) is 10.6. The lowest BCUT2D eigenvalue weighted by atomic mass is 10.2. The molecule has 7 nitrogen and oxygen atoms in total. The van der Waals surface area contributed by atoms with Crippen LogP contribution in [0.1, 0.15) is 16.1 Å². The molecule has 2 aromatic heterocycles. The standard InChI is InChI=1S/C15H12N4O3/c1-10-8-18-9-12(4-7-14(18)16-10)17-15(20)11-2-5-13(6-3-11)19(21)22/h2-9H,1H3,(H,17,20). The van der Waals surface area contributed by atoms with E-state index in [-0.39, 0.29) is 11.6 Å². The van der Waals surface area contributed by atoms with Gasteiger partial charge in [-0.05, 0) is 31.2 Å². The molecule has 0 atom stereocenters. The van der Waals surface area contributed by atoms with Gasteiger partial charge in [-0.25, -0.2) is 4.98 Å². The van der Waals surface area contributed by atoms with Gasteiger partial charge in [-0.3, -0.25) is 14.9 Å². The summed E-state index contributed by atoms with van der Waals surface area (Å²) >= 11 is 0. The molecule has 0 unspecified atom stereocenters. The van der Waals surface area contributed by atoms with Crippen molar-refractivity contribution in [2.45, 2.75) is 6.92 Å². The van der Waals surface area contributed by atoms with Crippen molar-refractivity contribution in [3.63, 3.8) is 0 Å². The molecule has 0 saturated carbocycles. The van der Waals surface area contributed by atoms with E-state index in [9.17, 15) is 14.9 Å². The number of nitro benzene ring substituents is 1. The molecule has 0 radical (unpaired) electrons. The summed E-state index contributed by atoms with van der Waals surface area (Å²) in [5.41, 5.74) is 2.61. The summed E-state index contributed by atoms with van der Waals surface area (Å²) in [6.07, 6.45) is 3.62. The number of hydrogen-bond acceptors (Lipinski definition) is 4. The average Bonchev–Trinajstić information content (AvgIpc) is 2.86. The van der Waals surface area contributed by atoms with Crippen LogP contribution in [-0.4, -0.2) is 20.2 Å². The Kier molecular flexibility index (Phi) is 3.30. The van der Waals surface area contributed by atoms with Crippen LogP contribution in [-0.2, 0) is 0 Å². The highest BCUT2D eigenvalue weighted by Crippen LogP contribution is 2.15. The van der Waals surface area contributed by atoms with Gasteiger partial charge in [0.2, 0.25) is 0 Å². The lowest BCUT2D eigenvalue weighted by Crippen LogP contribution is -2.12. The molecular weight excluding hydrogens is 284 g/mol. The number of nitro groups is 1. The average molecular weight is 296 g/mol. The largest absolute Gasteiger partial charge is 0.321 e. The van der Waals surface area contributed by atoms with Crippen molar-refractivity contribution in [1.82, 2.24) is 9.38 Å². The molecule has 1 aromatic carbocycles. The molecular formula is C15H12N4O3. The summed E-state index contributed by atoms with van der Waals surface area (Å²) < 4.78 is 1.82. The predicted octanol–water partition coefficient (Wildman–Crippen LogP) is 2.80. The molecule has 0 bridgehead atoms. The minimum Gasteiger partial charge on any atom is -0.321 e. The third kappa shape index (κ3) is 2.64. The van der Waals surface area contributed by atoms with Crippen molar-refractivity contribution in [3.8, 4) is 0 Å². The zero-order valence-corrected chi connectivity index (χ0v) is 11.7. The predicted molar refractivity (Wildman–Crippen MR) is 81.0 cm³/mol. The lowest BCUT2D eigenvalue weighted by Gasteiger charge is -2.05. The molecule has 1 amide bonds. The van der Waals surface area contributed by atoms with Gasteiger partial charge in [0.05, 0.1) is 16.3 Å². The molecule has 7 heteroatoms. The second-order valence-electron chi connectivity index (χ2n) is 4.82. The van der Waals surface area contributed by atoms with Crippen molar-refractivity contribution in [3.05, 3.63) is 70.2 Å². The van der Waals surface area contributed by atoms with Crippen LogP contribution in [0.25, 0.3) is 5.65 Å². The van der Waals surface area contributed by atoms with Crippen LogP contribution in [0.4, 0.5) is 11.4 Å². The Morgan fingerprint density at radius 3 is 2.59 bits per heavy atom. The number of pyridine rings is 1. The van der Waals surface area contributed by atoms with Crippen LogP contribution < -0.4 is 5.32 Å². The highest BCUT2D eigenvalue weighted by Gasteiger charge is 2.10. The number of imidazole rings is 1. The fourth-order valence-corrected chi connectivity index (χ4v) is 2.13. The number of anilines is 1. The number of benzene rings is 1. The van der Waals surface area contributed by atoms with Crippen molar-refractivity contribution < 1.29 is 9.72 Å². The molecule has 3 aromatic rings. The minimum absolute atomic E-state index is 0.0492. The van der Waals surface area contributed by atoms with Crippen molar-refractivity contribution in [1.29, 1.82) is 0 Å². The maximum absolute atomic E-state index is 12.1. The molecule has 2 heterocycles. The quantitative estimate of drug-likeness (QED) is 0.594. The molecule has 110 valence electrons. The fraction of sp³-hybridized carbons (Fsp3) is 0.0667. The Morgan fingerprint density at radius 2 is 1.91 bits per heavy atom. The molecule has 0 aliphatic rings. The molecule has 0 aliphatic carbocycles. The van der Waals surface area contributed by atoms with Crippen LogP contribution in [0.15, 0.2) is 48.8 Å². The van der Waals surface area contributed by atoms with E-state index in [1.807, 2.05) is 17.5 Å². The van der Waals surface area contributed by atoms with E-state index in [4.69, 9.17) is 0 Å². The van der Waals surface area contributed by atoms with Gasteiger partial charge in [0.1, 0.15) is 5.65 Å². The number of fused-ring (bicyclic) bond motifs is 1. The van der Waals surface area contributed by atoms with Gasteiger partial charge in [0.15, 0.2) is 0 Å². The van der Waals surface area contributed by atoms with E-state index >= 15 is 0 Å². The molecule has 3 rings (SSSR count). The zero-order chi connectivity index (χ0) is 15.7. The van der Waals surface area contributed by atoms with Gasteiger partial charge in [0, 0.05) is 30.1 Å². The SMILES string of the molecule is Cc1cn2cc(NC(=O)c3ccc([N+](=O)[O-])cc3)ccc2n1. The van der Waals surface area contributed by atoms with Crippen LogP contribution >= 0.6 is 0 Å². The first-order chi connectivity index (χ1) is 10.5. The minimum atomic E-state index is -0.503. The van der Waals surface area contributed by atoms with E-state index in [1.54, 1.807) is 18.3 Å². The second-order valence-corrected chi connectivity index (χ2v) is 4.82. The number of nitrogens with one attached hydrogen (secondary N) is 1. The van der Waals surface area contributed by atoms with Crippen LogP contribution in [0.2, 0.25) is 0 Å². The molecule has 0 fully saturated rings. The monoisotopic (exact) mass is 296 g/mol. The Bertz CT molecular complexity index is 868. The van der Waals surface area contributed by atoms with Gasteiger partial charge in [-0.1, -0.05) is 0 Å². The summed E-state index contributed by atoms with van der Waals surface area (Å²) in [5, 5.41) is 13.3. The number of carbonyl (C=O) groups is 1. The zero-order valence-electron chi connectivity index (χ0n) is 11.7. The number of rotatable bonds is 3. The number of nitrogens with zero attached hydrogens (tertiary/aromatic N) is 3. The Balaban J connectivity index is 1.81. The van der Waals surface area contributed by atoms with E-state index in [1.165, 1.54) is 24.3 Å². The van der Waals surface area contributed by atoms with E-state index in [2.05, 4.69) is 10.3 Å². The number of carbonyl (C=O) groups excluding carboxylic acids is 1. The van der Waals surface area contributed by atoms with E-state index in [0.29, 0.717) is 11.3 Å². The van der Waals surface area contributed by atoms with Crippen LogP contribution in [0.3, 0.4) is 0 Å². The maximum atomic E-state index is 12.1. The summed E-state index contributed by atoms with van der Waals surface area (Å²) in [6, 6.07) is 9.01. The molecule has 0 aliphatic heterocycles. The van der Waals surface area contributed by atoms with Gasteiger partial charge in [-0.2, -0.15) is 0 Å². The van der Waals surface area contributed by atoms with Gasteiger partial charge in [0.25, 0.3) is 11.6 Å². The number of hydrogen-bond donors (Lipinski definition) is 1. The lowest BCUT2D eigenvalue weighted by molar-refractivity contribution is -0.384. The first-order valence-electron chi connectivity index (χ1n) is 6.54. The Labute approximate surface area is 125 Å².